The van der Waals surface area contributed by atoms with Gasteiger partial charge >= 0.3 is 19.8 Å². The minimum atomic E-state index is -4.41. The van der Waals surface area contributed by atoms with Gasteiger partial charge in [0, 0.05) is 19.4 Å². The molecule has 0 aliphatic heterocycles. The fourth-order valence-electron chi connectivity index (χ4n) is 9.71. The molecular weight excluding hydrogens is 1150 g/mol. The Balaban J connectivity index is 3.97. The molecule has 0 aromatic carbocycles. The molecule has 0 fully saturated rings. The van der Waals surface area contributed by atoms with Crippen LogP contribution < -0.4 is 5.73 Å². The predicted octanol–water partition coefficient (Wildman–Crippen LogP) is 24.5. The third kappa shape index (κ3) is 74.3. The first-order chi connectivity index (χ1) is 44.8. The molecule has 0 aliphatic rings. The van der Waals surface area contributed by atoms with Crippen molar-refractivity contribution in [3.8, 4) is 0 Å². The van der Waals surface area contributed by atoms with E-state index < -0.39 is 26.5 Å². The molecule has 0 spiro atoms. The molecule has 0 amide bonds. The number of allylic oxidation sites excluding steroid dienone is 28. The average Bonchev–Trinajstić information content (AvgIpc) is 3.74. The molecule has 3 N–H and O–H groups in total. The van der Waals surface area contributed by atoms with Crippen molar-refractivity contribution in [1.82, 2.24) is 0 Å². The van der Waals surface area contributed by atoms with E-state index in [0.717, 1.165) is 135 Å². The van der Waals surface area contributed by atoms with Crippen LogP contribution in [-0.4, -0.2) is 49.3 Å². The van der Waals surface area contributed by atoms with E-state index in [-0.39, 0.29) is 38.6 Å². The second-order valence-corrected chi connectivity index (χ2v) is 25.2. The summed E-state index contributed by atoms with van der Waals surface area (Å²) in [6, 6.07) is 0. The first-order valence-electron chi connectivity index (χ1n) is 36.6. The first kappa shape index (κ1) is 86.4. The van der Waals surface area contributed by atoms with Crippen LogP contribution in [0.5, 0.6) is 0 Å². The summed E-state index contributed by atoms with van der Waals surface area (Å²) in [5, 5.41) is 0. The van der Waals surface area contributed by atoms with E-state index in [1.165, 1.54) is 128 Å². The Morgan fingerprint density at radius 2 is 0.604 bits per heavy atom. The van der Waals surface area contributed by atoms with Crippen LogP contribution in [0, 0.1) is 0 Å². The van der Waals surface area contributed by atoms with Crippen LogP contribution in [0.15, 0.2) is 170 Å². The SMILES string of the molecule is CC/C=C\C/C=C\C/C=C\C/C=C\C/C=C\C/C=C\C/C=C\C/C=C\C/C=C\C/C=C\C/C=C\CCCCCCCCCC(=O)OC(COC(=O)CCCCCCCCCCCCCCCC/C=C\C/C=C\C/C=C\CCCCCCC)COP(=O)(O)OCCN. The highest BCUT2D eigenvalue weighted by Crippen LogP contribution is 2.43. The van der Waals surface area contributed by atoms with Crippen molar-refractivity contribution in [2.75, 3.05) is 26.4 Å². The lowest BCUT2D eigenvalue weighted by molar-refractivity contribution is -0.161. The lowest BCUT2D eigenvalue weighted by atomic mass is 10.0. The fourth-order valence-corrected chi connectivity index (χ4v) is 10.5. The van der Waals surface area contributed by atoms with Gasteiger partial charge in [0.1, 0.15) is 6.61 Å². The van der Waals surface area contributed by atoms with Crippen molar-refractivity contribution in [1.29, 1.82) is 0 Å². The molecule has 0 saturated heterocycles. The van der Waals surface area contributed by atoms with Gasteiger partial charge < -0.3 is 20.1 Å². The zero-order valence-electron chi connectivity index (χ0n) is 58.0. The van der Waals surface area contributed by atoms with E-state index in [9.17, 15) is 19.0 Å². The molecule has 516 valence electrons. The second-order valence-electron chi connectivity index (χ2n) is 23.7. The van der Waals surface area contributed by atoms with Crippen molar-refractivity contribution < 1.29 is 37.6 Å². The minimum Gasteiger partial charge on any atom is -0.462 e. The van der Waals surface area contributed by atoms with Crippen molar-refractivity contribution in [2.24, 2.45) is 5.73 Å². The van der Waals surface area contributed by atoms with Crippen LogP contribution in [0.4, 0.5) is 0 Å². The highest BCUT2D eigenvalue weighted by molar-refractivity contribution is 7.47. The molecule has 91 heavy (non-hydrogen) atoms. The molecule has 2 atom stereocenters. The Hall–Kier alpha value is -4.63. The van der Waals surface area contributed by atoms with Crippen LogP contribution in [0.1, 0.15) is 296 Å². The summed E-state index contributed by atoms with van der Waals surface area (Å²) < 4.78 is 33.2. The lowest BCUT2D eigenvalue weighted by Crippen LogP contribution is -2.29. The van der Waals surface area contributed by atoms with Gasteiger partial charge in [0.25, 0.3) is 0 Å². The number of rotatable bonds is 67. The summed E-state index contributed by atoms with van der Waals surface area (Å²) in [7, 11) is -4.41. The van der Waals surface area contributed by atoms with Crippen LogP contribution in [0.2, 0.25) is 0 Å². The van der Waals surface area contributed by atoms with Crippen molar-refractivity contribution >= 4 is 19.8 Å². The van der Waals surface area contributed by atoms with Gasteiger partial charge in [-0.05, 0) is 135 Å². The number of hydrogen-bond acceptors (Lipinski definition) is 8. The van der Waals surface area contributed by atoms with Crippen LogP contribution in [-0.2, 0) is 32.7 Å². The molecule has 0 radical (unpaired) electrons. The molecule has 10 heteroatoms. The third-order valence-corrected chi connectivity index (χ3v) is 16.1. The fraction of sp³-hybridized carbons (Fsp3) is 0.630. The molecule has 2 unspecified atom stereocenters. The molecule has 0 aliphatic carbocycles. The van der Waals surface area contributed by atoms with Crippen LogP contribution in [0.3, 0.4) is 0 Å². The normalized spacial score (nSPS) is 13.9. The number of phosphoric acid groups is 1. The number of phosphoric ester groups is 1. The first-order valence-corrected chi connectivity index (χ1v) is 38.1. The second kappa shape index (κ2) is 74.4. The summed E-state index contributed by atoms with van der Waals surface area (Å²) in [4.78, 5) is 35.4. The Morgan fingerprint density at radius 1 is 0.341 bits per heavy atom. The Morgan fingerprint density at radius 3 is 0.901 bits per heavy atom. The van der Waals surface area contributed by atoms with E-state index in [1.807, 2.05) is 0 Å². The molecule has 9 nitrogen and oxygen atoms in total. The van der Waals surface area contributed by atoms with E-state index in [1.54, 1.807) is 0 Å². The number of nitrogens with two attached hydrogens (primary N) is 1. The van der Waals surface area contributed by atoms with E-state index in [2.05, 4.69) is 184 Å². The molecular formula is C81H134NO8P. The Kier molecular flexibility index (Phi) is 70.6. The Bertz CT molecular complexity index is 2100. The summed E-state index contributed by atoms with van der Waals surface area (Å²) in [5.74, 6) is -0.845. The molecule has 0 aromatic rings. The van der Waals surface area contributed by atoms with Crippen LogP contribution >= 0.6 is 7.82 Å². The van der Waals surface area contributed by atoms with E-state index in [0.29, 0.717) is 6.42 Å². The van der Waals surface area contributed by atoms with Gasteiger partial charge in [-0.15, -0.1) is 0 Å². The molecule has 0 rings (SSSR count). The van der Waals surface area contributed by atoms with Crippen molar-refractivity contribution in [3.05, 3.63) is 170 Å². The monoisotopic (exact) mass is 1280 g/mol. The molecule has 0 saturated carbocycles. The number of carbonyl (C=O) groups excluding carboxylic acids is 2. The molecule has 0 aromatic heterocycles. The largest absolute Gasteiger partial charge is 0.472 e. The standard InChI is InChI=1S/C81H134NO8P/c1-3-5-7-9-11-13-15-17-19-21-23-25-27-29-31-33-34-35-36-37-38-39-40-41-42-43-44-46-48-50-52-54-56-58-60-62-64-66-68-70-72-74-81(84)90-79(78-89-91(85,86)88-76-75-82)77-87-80(83)73-71-69-67-65-63-61-59-57-55-53-51-49-47-45-32-30-28-26-24-22-20-18-16-14-12-10-8-6-4-2/h5,7,11,13,16-19,22-25,28-31,34-35,37-38,40-41,43-44,48,50,54,56,79H,3-4,6,8-10,12,14-15,20-21,26-27,32-33,36,39,42,45-47,49,51-53,55,57-78,82H2,1-2H3,(H,85,86)/b7-5-,13-11-,18-16-,19-17-,24-22-,25-23-,30-28-,31-29-,35-34-,38-37-,41-40-,44-43-,50-48-,56-54-. The Labute approximate surface area is 559 Å². The third-order valence-electron chi connectivity index (χ3n) is 15.1. The van der Waals surface area contributed by atoms with Gasteiger partial charge in [-0.3, -0.25) is 18.6 Å². The smallest absolute Gasteiger partial charge is 0.462 e. The van der Waals surface area contributed by atoms with Gasteiger partial charge in [-0.25, -0.2) is 4.57 Å². The number of unbranched alkanes of at least 4 members (excludes halogenated alkanes) is 26. The zero-order valence-corrected chi connectivity index (χ0v) is 58.9. The predicted molar refractivity (Wildman–Crippen MR) is 394 cm³/mol. The van der Waals surface area contributed by atoms with Crippen LogP contribution in [0.25, 0.3) is 0 Å². The summed E-state index contributed by atoms with van der Waals surface area (Å²) >= 11 is 0. The number of carbonyl (C=O) groups is 2. The quantitative estimate of drug-likeness (QED) is 0.0264. The highest BCUT2D eigenvalue weighted by atomic mass is 31.2. The zero-order chi connectivity index (χ0) is 65.8. The van der Waals surface area contributed by atoms with Gasteiger partial charge in [-0.1, -0.05) is 319 Å². The summed E-state index contributed by atoms with van der Waals surface area (Å²) in [5.41, 5.74) is 5.40. The molecule has 0 heterocycles. The summed E-state index contributed by atoms with van der Waals surface area (Å²) in [6.07, 6.45) is 110. The molecule has 0 bridgehead atoms. The van der Waals surface area contributed by atoms with Gasteiger partial charge in [-0.2, -0.15) is 0 Å². The van der Waals surface area contributed by atoms with Gasteiger partial charge in [0.2, 0.25) is 0 Å². The summed E-state index contributed by atoms with van der Waals surface area (Å²) in [6.45, 7) is 3.61. The maximum atomic E-state index is 12.8. The van der Waals surface area contributed by atoms with Crippen molar-refractivity contribution in [2.45, 2.75) is 302 Å². The number of hydrogen-bond donors (Lipinski definition) is 2. The van der Waals surface area contributed by atoms with Crippen molar-refractivity contribution in [3.63, 3.8) is 0 Å². The van der Waals surface area contributed by atoms with E-state index >= 15 is 0 Å². The maximum absolute atomic E-state index is 12.8. The van der Waals surface area contributed by atoms with E-state index in [4.69, 9.17) is 24.3 Å². The maximum Gasteiger partial charge on any atom is 0.472 e. The van der Waals surface area contributed by atoms with Gasteiger partial charge in [0.15, 0.2) is 6.10 Å². The average molecular weight is 1280 g/mol. The number of ether oxygens (including phenoxy) is 2. The lowest BCUT2D eigenvalue weighted by Gasteiger charge is -2.19. The van der Waals surface area contributed by atoms with Gasteiger partial charge in [0.05, 0.1) is 13.2 Å². The highest BCUT2D eigenvalue weighted by Gasteiger charge is 2.26. The topological polar surface area (TPSA) is 134 Å². The minimum absolute atomic E-state index is 0.0437. The number of esters is 2.